The highest BCUT2D eigenvalue weighted by Gasteiger charge is 2.22. The molecule has 0 radical (unpaired) electrons. The average molecular weight is 252 g/mol. The molecule has 1 N–H and O–H groups in total. The van der Waals surface area contributed by atoms with E-state index in [0.29, 0.717) is 12.5 Å². The van der Waals surface area contributed by atoms with E-state index in [1.807, 2.05) is 34.0 Å². The summed E-state index contributed by atoms with van der Waals surface area (Å²) in [7, 11) is 4.04. The fourth-order valence-electron chi connectivity index (χ4n) is 1.51. The number of aromatic nitrogens is 1. The van der Waals surface area contributed by atoms with E-state index in [1.54, 1.807) is 0 Å². The van der Waals surface area contributed by atoms with Crippen LogP contribution in [0.1, 0.15) is 30.7 Å². The maximum Gasteiger partial charge on any atom is 0.219 e. The van der Waals surface area contributed by atoms with Gasteiger partial charge < -0.3 is 14.7 Å². The van der Waals surface area contributed by atoms with Crippen LogP contribution in [-0.4, -0.2) is 41.2 Å². The van der Waals surface area contributed by atoms with E-state index in [1.165, 1.54) is 0 Å². The fourth-order valence-corrected chi connectivity index (χ4v) is 1.51. The molecule has 0 unspecified atom stereocenters. The first kappa shape index (κ1) is 14.9. The van der Waals surface area contributed by atoms with E-state index in [-0.39, 0.29) is 12.1 Å². The Hall–Kier alpha value is -1.13. The normalized spacial score (nSPS) is 12.0. The van der Waals surface area contributed by atoms with E-state index in [0.717, 1.165) is 16.8 Å². The SMILES string of the molecule is Cc1cc(C)c(CO)c(OCC(C)(C)N(C)C)n1. The molecule has 102 valence electrons. The van der Waals surface area contributed by atoms with E-state index in [4.69, 9.17) is 4.74 Å². The molecule has 1 rings (SSSR count). The number of rotatable bonds is 5. The molecule has 0 saturated carbocycles. The summed E-state index contributed by atoms with van der Waals surface area (Å²) >= 11 is 0. The van der Waals surface area contributed by atoms with Gasteiger partial charge in [-0.15, -0.1) is 0 Å². The minimum atomic E-state index is -0.0773. The highest BCUT2D eigenvalue weighted by molar-refractivity contribution is 5.35. The van der Waals surface area contributed by atoms with E-state index in [9.17, 15) is 5.11 Å². The van der Waals surface area contributed by atoms with Crippen LogP contribution < -0.4 is 4.74 Å². The first-order valence-electron chi connectivity index (χ1n) is 6.16. The second-order valence-electron chi connectivity index (χ2n) is 5.52. The molecule has 1 aromatic heterocycles. The second kappa shape index (κ2) is 5.67. The number of ether oxygens (including phenoxy) is 1. The molecule has 0 aromatic carbocycles. The Kier molecular flexibility index (Phi) is 4.71. The fraction of sp³-hybridized carbons (Fsp3) is 0.643. The number of hydrogen-bond acceptors (Lipinski definition) is 4. The molecule has 0 aliphatic rings. The Balaban J connectivity index is 2.91. The lowest BCUT2D eigenvalue weighted by Crippen LogP contribution is -2.43. The predicted octanol–water partition coefficient (Wildman–Crippen LogP) is 1.91. The van der Waals surface area contributed by atoms with Crippen LogP contribution >= 0.6 is 0 Å². The molecular formula is C14H24N2O2. The number of likely N-dealkylation sites (N-methyl/N-ethyl adjacent to an activating group) is 1. The van der Waals surface area contributed by atoms with Crippen molar-refractivity contribution < 1.29 is 9.84 Å². The van der Waals surface area contributed by atoms with Gasteiger partial charge in [0.15, 0.2) is 0 Å². The molecule has 0 aliphatic carbocycles. The van der Waals surface area contributed by atoms with Gasteiger partial charge in [0.05, 0.1) is 6.61 Å². The molecule has 0 amide bonds. The zero-order chi connectivity index (χ0) is 13.9. The summed E-state index contributed by atoms with van der Waals surface area (Å²) in [6.07, 6.45) is 0. The van der Waals surface area contributed by atoms with Crippen LogP contribution in [-0.2, 0) is 6.61 Å². The standard InChI is InChI=1S/C14H24N2O2/c1-10-7-11(2)15-13(12(10)8-17)18-9-14(3,4)16(5)6/h7,17H,8-9H2,1-6H3. The molecule has 1 aromatic rings. The summed E-state index contributed by atoms with van der Waals surface area (Å²) in [6.45, 7) is 8.59. The van der Waals surface area contributed by atoms with Gasteiger partial charge in [-0.3, -0.25) is 0 Å². The van der Waals surface area contributed by atoms with E-state index in [2.05, 4.69) is 23.7 Å². The van der Waals surface area contributed by atoms with Crippen molar-refractivity contribution in [3.05, 3.63) is 22.9 Å². The third-order valence-corrected chi connectivity index (χ3v) is 3.37. The first-order valence-corrected chi connectivity index (χ1v) is 6.16. The number of pyridine rings is 1. The Bertz CT molecular complexity index is 415. The molecule has 1 heterocycles. The van der Waals surface area contributed by atoms with Crippen LogP contribution in [0.3, 0.4) is 0 Å². The number of aryl methyl sites for hydroxylation is 2. The summed E-state index contributed by atoms with van der Waals surface area (Å²) in [4.78, 5) is 6.47. The van der Waals surface area contributed by atoms with Crippen LogP contribution in [0, 0.1) is 13.8 Å². The monoisotopic (exact) mass is 252 g/mol. The van der Waals surface area contributed by atoms with Gasteiger partial charge in [-0.05, 0) is 53.4 Å². The van der Waals surface area contributed by atoms with Gasteiger partial charge in [0.2, 0.25) is 5.88 Å². The topological polar surface area (TPSA) is 45.6 Å². The highest BCUT2D eigenvalue weighted by atomic mass is 16.5. The van der Waals surface area contributed by atoms with Crippen molar-refractivity contribution in [2.75, 3.05) is 20.7 Å². The van der Waals surface area contributed by atoms with Crippen LogP contribution in [0.4, 0.5) is 0 Å². The molecule has 0 atom stereocenters. The largest absolute Gasteiger partial charge is 0.475 e. The molecular weight excluding hydrogens is 228 g/mol. The third kappa shape index (κ3) is 3.43. The molecule has 0 spiro atoms. The zero-order valence-corrected chi connectivity index (χ0v) is 12.2. The van der Waals surface area contributed by atoms with Crippen molar-refractivity contribution >= 4 is 0 Å². The Morgan fingerprint density at radius 2 is 1.94 bits per heavy atom. The van der Waals surface area contributed by atoms with Gasteiger partial charge >= 0.3 is 0 Å². The molecule has 18 heavy (non-hydrogen) atoms. The van der Waals surface area contributed by atoms with Crippen LogP contribution in [0.15, 0.2) is 6.07 Å². The summed E-state index contributed by atoms with van der Waals surface area (Å²) < 4.78 is 5.80. The lowest BCUT2D eigenvalue weighted by Gasteiger charge is -2.32. The van der Waals surface area contributed by atoms with Crippen LogP contribution in [0.2, 0.25) is 0 Å². The van der Waals surface area contributed by atoms with E-state index < -0.39 is 0 Å². The van der Waals surface area contributed by atoms with Gasteiger partial charge in [-0.2, -0.15) is 0 Å². The summed E-state index contributed by atoms with van der Waals surface area (Å²) in [5.74, 6) is 0.546. The lowest BCUT2D eigenvalue weighted by atomic mass is 10.1. The Morgan fingerprint density at radius 3 is 2.44 bits per heavy atom. The molecule has 0 fully saturated rings. The summed E-state index contributed by atoms with van der Waals surface area (Å²) in [5, 5.41) is 9.40. The number of aliphatic hydroxyl groups is 1. The number of nitrogens with zero attached hydrogens (tertiary/aromatic N) is 2. The minimum absolute atomic E-state index is 0.0448. The van der Waals surface area contributed by atoms with Crippen molar-refractivity contribution in [1.29, 1.82) is 0 Å². The zero-order valence-electron chi connectivity index (χ0n) is 12.2. The van der Waals surface area contributed by atoms with Gasteiger partial charge in [0.25, 0.3) is 0 Å². The highest BCUT2D eigenvalue weighted by Crippen LogP contribution is 2.22. The van der Waals surface area contributed by atoms with Crippen molar-refractivity contribution in [2.45, 2.75) is 39.8 Å². The van der Waals surface area contributed by atoms with Crippen molar-refractivity contribution in [3.63, 3.8) is 0 Å². The predicted molar refractivity (Wildman–Crippen MR) is 72.9 cm³/mol. The Labute approximate surface area is 110 Å². The molecule has 0 saturated heterocycles. The maximum atomic E-state index is 9.40. The van der Waals surface area contributed by atoms with Crippen molar-refractivity contribution in [3.8, 4) is 5.88 Å². The maximum absolute atomic E-state index is 9.40. The quantitative estimate of drug-likeness (QED) is 0.869. The smallest absolute Gasteiger partial charge is 0.219 e. The van der Waals surface area contributed by atoms with Gasteiger partial charge in [-0.1, -0.05) is 0 Å². The Morgan fingerprint density at radius 1 is 1.33 bits per heavy atom. The van der Waals surface area contributed by atoms with Crippen molar-refractivity contribution in [1.82, 2.24) is 9.88 Å². The first-order chi connectivity index (χ1) is 8.27. The summed E-state index contributed by atoms with van der Waals surface area (Å²) in [6, 6.07) is 1.95. The molecule has 0 aliphatic heterocycles. The molecule has 4 heteroatoms. The van der Waals surface area contributed by atoms with Crippen molar-refractivity contribution in [2.24, 2.45) is 0 Å². The van der Waals surface area contributed by atoms with Crippen LogP contribution in [0.25, 0.3) is 0 Å². The average Bonchev–Trinajstić information content (AvgIpc) is 2.25. The molecule has 4 nitrogen and oxygen atoms in total. The van der Waals surface area contributed by atoms with E-state index >= 15 is 0 Å². The van der Waals surface area contributed by atoms with Crippen LogP contribution in [0.5, 0.6) is 5.88 Å². The van der Waals surface area contributed by atoms with Gasteiger partial charge in [0, 0.05) is 16.8 Å². The number of aliphatic hydroxyl groups excluding tert-OH is 1. The van der Waals surface area contributed by atoms with Gasteiger partial charge in [0.1, 0.15) is 6.61 Å². The lowest BCUT2D eigenvalue weighted by molar-refractivity contribution is 0.109. The molecule has 0 bridgehead atoms. The number of hydrogen-bond donors (Lipinski definition) is 1. The third-order valence-electron chi connectivity index (χ3n) is 3.37. The van der Waals surface area contributed by atoms with Gasteiger partial charge in [-0.25, -0.2) is 4.98 Å². The summed E-state index contributed by atoms with van der Waals surface area (Å²) in [5.41, 5.74) is 2.62. The second-order valence-corrected chi connectivity index (χ2v) is 5.52. The minimum Gasteiger partial charge on any atom is -0.475 e.